The zero-order valence-corrected chi connectivity index (χ0v) is 34.1. The lowest BCUT2D eigenvalue weighted by atomic mass is 9.90. The Kier molecular flexibility index (Phi) is 10.1. The number of rotatable bonds is 5. The number of aryl methyl sites for hydroxylation is 1. The highest BCUT2D eigenvalue weighted by molar-refractivity contribution is 6.02. The predicted molar refractivity (Wildman–Crippen MR) is 223 cm³/mol. The van der Waals surface area contributed by atoms with E-state index < -0.39 is 35.5 Å². The Hall–Kier alpha value is -5.70. The summed E-state index contributed by atoms with van der Waals surface area (Å²) >= 11 is 0. The summed E-state index contributed by atoms with van der Waals surface area (Å²) in [6.45, 7) is 4.96. The van der Waals surface area contributed by atoms with E-state index in [0.29, 0.717) is 30.5 Å². The Morgan fingerprint density at radius 3 is 2.66 bits per heavy atom. The monoisotopic (exact) mass is 835 g/mol. The Labute approximate surface area is 351 Å². The van der Waals surface area contributed by atoms with Gasteiger partial charge in [-0.25, -0.2) is 22.8 Å². The average Bonchev–Trinajstić information content (AvgIpc) is 3.99. The molecule has 15 heteroatoms. The largest absolute Gasteiger partial charge is 0.461 e. The summed E-state index contributed by atoms with van der Waals surface area (Å²) in [5, 5.41) is 3.92. The van der Waals surface area contributed by atoms with Gasteiger partial charge in [0.2, 0.25) is 0 Å². The van der Waals surface area contributed by atoms with Crippen molar-refractivity contribution in [2.24, 2.45) is 0 Å². The number of anilines is 1. The summed E-state index contributed by atoms with van der Waals surface area (Å²) in [7, 11) is 0. The number of nitrogens with zero attached hydrogens (tertiary/aromatic N) is 6. The Morgan fingerprint density at radius 2 is 1.84 bits per heavy atom. The van der Waals surface area contributed by atoms with Gasteiger partial charge in [-0.05, 0) is 105 Å². The van der Waals surface area contributed by atoms with Gasteiger partial charge in [0.15, 0.2) is 5.82 Å². The first-order valence-corrected chi connectivity index (χ1v) is 21.4. The van der Waals surface area contributed by atoms with Crippen LogP contribution in [0.2, 0.25) is 0 Å². The SMILES string of the molecule is CC12CC(F)CN(C1)c1nc(OCC34CCCN3CCC4)nc3c(F)c(ncc13)-c1cc(OC(=O)N3CCC(c4ccccc4)C3)cc3ccc(F)c(c13)CCCOC(=O)N2. The Balaban J connectivity index is 1.10. The van der Waals surface area contributed by atoms with Gasteiger partial charge in [0.1, 0.15) is 41.4 Å². The molecule has 12 nitrogen and oxygen atoms in total. The first-order valence-electron chi connectivity index (χ1n) is 21.4. The number of alkyl carbamates (subject to hydrolysis) is 1. The lowest BCUT2D eigenvalue weighted by Crippen LogP contribution is -2.60. The average molecular weight is 836 g/mol. The summed E-state index contributed by atoms with van der Waals surface area (Å²) in [6, 6.07) is 16.0. The summed E-state index contributed by atoms with van der Waals surface area (Å²) in [4.78, 5) is 46.8. The third-order valence-corrected chi connectivity index (χ3v) is 13.4. The van der Waals surface area contributed by atoms with Gasteiger partial charge in [-0.15, -0.1) is 0 Å². The normalized spacial score (nSPS) is 23.9. The highest BCUT2D eigenvalue weighted by Crippen LogP contribution is 2.42. The van der Waals surface area contributed by atoms with Crippen LogP contribution < -0.4 is 19.7 Å². The molecule has 2 aromatic heterocycles. The maximum Gasteiger partial charge on any atom is 0.415 e. The quantitative estimate of drug-likeness (QED) is 0.186. The van der Waals surface area contributed by atoms with Gasteiger partial charge in [0.05, 0.1) is 29.6 Å². The van der Waals surface area contributed by atoms with E-state index in [2.05, 4.69) is 20.2 Å². The van der Waals surface area contributed by atoms with Gasteiger partial charge in [-0.1, -0.05) is 36.4 Å². The molecule has 3 aromatic carbocycles. The third-order valence-electron chi connectivity index (χ3n) is 13.4. The van der Waals surface area contributed by atoms with E-state index >= 15 is 13.2 Å². The van der Waals surface area contributed by atoms with Crippen LogP contribution in [-0.4, -0.2) is 107 Å². The maximum absolute atomic E-state index is 17.7. The molecule has 4 saturated heterocycles. The minimum atomic E-state index is -1.38. The van der Waals surface area contributed by atoms with Gasteiger partial charge in [-0.3, -0.25) is 9.88 Å². The summed E-state index contributed by atoms with van der Waals surface area (Å²) < 4.78 is 67.4. The molecule has 0 aliphatic carbocycles. The number of hydrogen-bond donors (Lipinski definition) is 1. The van der Waals surface area contributed by atoms with Crippen LogP contribution in [0.1, 0.15) is 68.9 Å². The van der Waals surface area contributed by atoms with Gasteiger partial charge in [-0.2, -0.15) is 9.97 Å². The van der Waals surface area contributed by atoms with Crippen LogP contribution in [0.3, 0.4) is 0 Å². The molecule has 6 aliphatic heterocycles. The molecule has 5 aromatic rings. The van der Waals surface area contributed by atoms with Crippen LogP contribution in [-0.2, 0) is 11.2 Å². The number of pyridine rings is 1. The molecule has 4 fully saturated rings. The Morgan fingerprint density at radius 1 is 1.02 bits per heavy atom. The standard InChI is InChI=1S/C46H48F3N7O5/c1-45-22-31(47)25-55(26-45)41-35-23-50-39(38(49)40(35)51-42(52-41)60-27-46-14-6-16-56(46)17-7-15-46)34-21-32(61-44(58)54-18-13-30(24-54)28-8-3-2-4-9-28)20-29-11-12-36(48)33(37(29)34)10-5-19-59-43(57)53-45/h2-4,8-9,11-12,20-21,23,30-31H,5-7,10,13-19,22,24-27H2,1H3,(H,53,57). The number of benzene rings is 3. The zero-order chi connectivity index (χ0) is 41.9. The number of nitrogens with one attached hydrogen (secondary N) is 1. The van der Waals surface area contributed by atoms with E-state index in [1.807, 2.05) is 30.3 Å². The van der Waals surface area contributed by atoms with Crippen LogP contribution in [0.4, 0.5) is 28.6 Å². The second kappa shape index (κ2) is 15.6. The van der Waals surface area contributed by atoms with Crippen LogP contribution in [0.15, 0.2) is 60.8 Å². The molecule has 3 unspecified atom stereocenters. The highest BCUT2D eigenvalue weighted by Gasteiger charge is 2.45. The zero-order valence-electron chi connectivity index (χ0n) is 34.1. The number of alkyl halides is 1. The fourth-order valence-corrected chi connectivity index (χ4v) is 10.5. The smallest absolute Gasteiger partial charge is 0.415 e. The molecule has 0 saturated carbocycles. The van der Waals surface area contributed by atoms with Crippen LogP contribution >= 0.6 is 0 Å². The molecular weight excluding hydrogens is 788 g/mol. The van der Waals surface area contributed by atoms with E-state index in [4.69, 9.17) is 19.2 Å². The minimum absolute atomic E-state index is 0.0148. The van der Waals surface area contributed by atoms with E-state index in [1.54, 1.807) is 28.9 Å². The van der Waals surface area contributed by atoms with Gasteiger partial charge < -0.3 is 29.3 Å². The number of fused-ring (bicyclic) bond motifs is 7. The second-order valence-electron chi connectivity index (χ2n) is 17.6. The van der Waals surface area contributed by atoms with Crippen molar-refractivity contribution < 1.29 is 37.0 Å². The van der Waals surface area contributed by atoms with E-state index in [1.165, 1.54) is 18.3 Å². The molecule has 0 spiro atoms. The molecule has 318 valence electrons. The molecule has 6 bridgehead atoms. The van der Waals surface area contributed by atoms with Crippen molar-refractivity contribution in [2.45, 2.75) is 81.5 Å². The highest BCUT2D eigenvalue weighted by atomic mass is 19.1. The molecular formula is C46H48F3N7O5. The summed E-state index contributed by atoms with van der Waals surface area (Å²) in [6.07, 6.45) is 3.94. The predicted octanol–water partition coefficient (Wildman–Crippen LogP) is 8.10. The second-order valence-corrected chi connectivity index (χ2v) is 17.6. The molecule has 8 heterocycles. The Bertz CT molecular complexity index is 2520. The summed E-state index contributed by atoms with van der Waals surface area (Å²) in [5.41, 5.74) is 0.0635. The van der Waals surface area contributed by atoms with Gasteiger partial charge >= 0.3 is 18.2 Å². The maximum atomic E-state index is 17.7. The van der Waals surface area contributed by atoms with Crippen molar-refractivity contribution >= 4 is 39.7 Å². The number of aromatic nitrogens is 3. The van der Waals surface area contributed by atoms with Crippen molar-refractivity contribution in [3.63, 3.8) is 0 Å². The van der Waals surface area contributed by atoms with Crippen LogP contribution in [0.25, 0.3) is 32.9 Å². The number of amides is 2. The number of carbonyl (C=O) groups excluding carboxylic acids is 2. The van der Waals surface area contributed by atoms with Crippen molar-refractivity contribution in [1.82, 2.24) is 30.1 Å². The van der Waals surface area contributed by atoms with Crippen LogP contribution in [0.5, 0.6) is 11.8 Å². The van der Waals surface area contributed by atoms with E-state index in [-0.39, 0.29) is 95.7 Å². The van der Waals surface area contributed by atoms with Crippen molar-refractivity contribution in [3.05, 3.63) is 83.6 Å². The molecule has 6 aliphatic rings. The number of hydrogen-bond acceptors (Lipinski definition) is 10. The fraction of sp³-hybridized carbons (Fsp3) is 0.457. The third kappa shape index (κ3) is 7.44. The number of likely N-dealkylation sites (tertiary alicyclic amines) is 1. The van der Waals surface area contributed by atoms with E-state index in [0.717, 1.165) is 50.8 Å². The van der Waals surface area contributed by atoms with Gasteiger partial charge in [0, 0.05) is 43.7 Å². The molecule has 61 heavy (non-hydrogen) atoms. The lowest BCUT2D eigenvalue weighted by molar-refractivity contribution is 0.107. The lowest BCUT2D eigenvalue weighted by Gasteiger charge is -2.42. The topological polar surface area (TPSA) is 122 Å². The van der Waals surface area contributed by atoms with Crippen molar-refractivity contribution in [1.29, 1.82) is 0 Å². The van der Waals surface area contributed by atoms with E-state index in [9.17, 15) is 9.59 Å². The first kappa shape index (κ1) is 39.4. The first-order chi connectivity index (χ1) is 29.5. The minimum Gasteiger partial charge on any atom is -0.461 e. The van der Waals surface area contributed by atoms with Gasteiger partial charge in [0.25, 0.3) is 0 Å². The van der Waals surface area contributed by atoms with Crippen molar-refractivity contribution in [3.8, 4) is 23.0 Å². The number of ether oxygens (including phenoxy) is 3. The molecule has 11 rings (SSSR count). The van der Waals surface area contributed by atoms with Crippen LogP contribution in [0, 0.1) is 11.6 Å². The molecule has 0 radical (unpaired) electrons. The molecule has 2 amide bonds. The number of carbonyl (C=O) groups is 2. The molecule has 1 N–H and O–H groups in total. The summed E-state index contributed by atoms with van der Waals surface area (Å²) in [5.74, 6) is -0.868. The van der Waals surface area contributed by atoms with Crippen molar-refractivity contribution in [2.75, 3.05) is 57.4 Å². The fourth-order valence-electron chi connectivity index (χ4n) is 10.5. The number of halogens is 3. The number of piperidine rings is 1. The molecule has 3 atom stereocenters.